The highest BCUT2D eigenvalue weighted by Crippen LogP contribution is 2.29. The van der Waals surface area contributed by atoms with Crippen LogP contribution < -0.4 is 9.47 Å². The van der Waals surface area contributed by atoms with Gasteiger partial charge >= 0.3 is 5.97 Å². The number of carboxylic acid groups (broad SMARTS) is 1. The summed E-state index contributed by atoms with van der Waals surface area (Å²) in [5.74, 6) is -0.888. The summed E-state index contributed by atoms with van der Waals surface area (Å²) >= 11 is 0. The minimum atomic E-state index is -1.86. The summed E-state index contributed by atoms with van der Waals surface area (Å²) in [4.78, 5) is 10.5. The molecule has 1 aromatic rings. The monoisotopic (exact) mass is 256 g/mol. The lowest BCUT2D eigenvalue weighted by Gasteiger charge is -2.14. The fraction of sp³-hybridized carbons (Fsp3) is 0.462. The SMILES string of the molecule is COc1ccc(CC(C)C(F)C(=O)O)cc1OC. The lowest BCUT2D eigenvalue weighted by Crippen LogP contribution is -2.24. The molecule has 0 aliphatic rings. The summed E-state index contributed by atoms with van der Waals surface area (Å²) in [5, 5.41) is 8.59. The van der Waals surface area contributed by atoms with Crippen molar-refractivity contribution in [2.75, 3.05) is 14.2 Å². The average molecular weight is 256 g/mol. The smallest absolute Gasteiger partial charge is 0.338 e. The number of carboxylic acids is 1. The molecular weight excluding hydrogens is 239 g/mol. The van der Waals surface area contributed by atoms with E-state index in [0.717, 1.165) is 5.56 Å². The fourth-order valence-electron chi connectivity index (χ4n) is 1.73. The summed E-state index contributed by atoms with van der Waals surface area (Å²) in [7, 11) is 3.04. The van der Waals surface area contributed by atoms with Gasteiger partial charge in [-0.25, -0.2) is 9.18 Å². The predicted octanol–water partition coefficient (Wildman–Crippen LogP) is 2.31. The number of hydrogen-bond donors (Lipinski definition) is 1. The molecule has 5 heteroatoms. The molecule has 0 fully saturated rings. The molecule has 0 heterocycles. The lowest BCUT2D eigenvalue weighted by molar-refractivity contribution is -0.144. The number of rotatable bonds is 6. The number of methoxy groups -OCH3 is 2. The van der Waals surface area contributed by atoms with Gasteiger partial charge in [0.2, 0.25) is 0 Å². The second-order valence-corrected chi connectivity index (χ2v) is 4.11. The van der Waals surface area contributed by atoms with Gasteiger partial charge in [-0.3, -0.25) is 0 Å². The van der Waals surface area contributed by atoms with Crippen LogP contribution in [0.2, 0.25) is 0 Å². The molecule has 2 atom stereocenters. The first kappa shape index (κ1) is 14.3. The molecule has 1 N–H and O–H groups in total. The number of hydrogen-bond acceptors (Lipinski definition) is 3. The fourth-order valence-corrected chi connectivity index (χ4v) is 1.73. The van der Waals surface area contributed by atoms with E-state index in [2.05, 4.69) is 0 Å². The molecule has 18 heavy (non-hydrogen) atoms. The van der Waals surface area contributed by atoms with Crippen LogP contribution in [0.5, 0.6) is 11.5 Å². The minimum Gasteiger partial charge on any atom is -0.493 e. The van der Waals surface area contributed by atoms with Crippen LogP contribution in [0.15, 0.2) is 18.2 Å². The largest absolute Gasteiger partial charge is 0.493 e. The molecule has 0 aromatic heterocycles. The van der Waals surface area contributed by atoms with Gasteiger partial charge in [0.15, 0.2) is 17.7 Å². The minimum absolute atomic E-state index is 0.327. The molecule has 4 nitrogen and oxygen atoms in total. The molecule has 100 valence electrons. The Labute approximate surface area is 105 Å². The van der Waals surface area contributed by atoms with Crippen LogP contribution in [-0.2, 0) is 11.2 Å². The number of benzene rings is 1. The van der Waals surface area contributed by atoms with Crippen molar-refractivity contribution < 1.29 is 23.8 Å². The zero-order valence-corrected chi connectivity index (χ0v) is 10.6. The van der Waals surface area contributed by atoms with Crippen molar-refractivity contribution in [1.29, 1.82) is 0 Å². The van der Waals surface area contributed by atoms with Crippen molar-refractivity contribution in [3.63, 3.8) is 0 Å². The van der Waals surface area contributed by atoms with Crippen molar-refractivity contribution in [2.45, 2.75) is 19.5 Å². The molecule has 0 saturated carbocycles. The molecule has 0 aliphatic carbocycles. The van der Waals surface area contributed by atoms with Gasteiger partial charge in [-0.2, -0.15) is 0 Å². The Morgan fingerprint density at radius 2 is 1.94 bits per heavy atom. The van der Waals surface area contributed by atoms with E-state index >= 15 is 0 Å². The van der Waals surface area contributed by atoms with Crippen LogP contribution >= 0.6 is 0 Å². The Morgan fingerprint density at radius 3 is 2.44 bits per heavy atom. The summed E-state index contributed by atoms with van der Waals surface area (Å²) in [6.07, 6.45) is -1.54. The first-order valence-corrected chi connectivity index (χ1v) is 5.57. The van der Waals surface area contributed by atoms with Crippen LogP contribution in [-0.4, -0.2) is 31.5 Å². The standard InChI is InChI=1S/C13H17FO4/c1-8(12(14)13(15)16)6-9-4-5-10(17-2)11(7-9)18-3/h4-5,7-8,12H,6H2,1-3H3,(H,15,16). The molecule has 2 unspecified atom stereocenters. The highest BCUT2D eigenvalue weighted by molar-refractivity contribution is 5.72. The number of ether oxygens (including phenoxy) is 2. The van der Waals surface area contributed by atoms with E-state index in [1.165, 1.54) is 14.2 Å². The first-order chi connectivity index (χ1) is 8.49. The zero-order valence-electron chi connectivity index (χ0n) is 10.6. The maximum absolute atomic E-state index is 13.3. The summed E-state index contributed by atoms with van der Waals surface area (Å²) in [6.45, 7) is 1.56. The molecule has 0 aliphatic heterocycles. The van der Waals surface area contributed by atoms with Gasteiger partial charge in [-0.1, -0.05) is 13.0 Å². The maximum Gasteiger partial charge on any atom is 0.338 e. The average Bonchev–Trinajstić information content (AvgIpc) is 2.37. The first-order valence-electron chi connectivity index (χ1n) is 5.57. The van der Waals surface area contributed by atoms with Gasteiger partial charge in [0.1, 0.15) is 0 Å². The zero-order chi connectivity index (χ0) is 13.7. The number of alkyl halides is 1. The second-order valence-electron chi connectivity index (χ2n) is 4.11. The number of halogens is 1. The van der Waals surface area contributed by atoms with Gasteiger partial charge in [0.25, 0.3) is 0 Å². The van der Waals surface area contributed by atoms with E-state index in [4.69, 9.17) is 14.6 Å². The van der Waals surface area contributed by atoms with Gasteiger partial charge in [-0.15, -0.1) is 0 Å². The van der Waals surface area contributed by atoms with Crippen LogP contribution in [0.4, 0.5) is 4.39 Å². The van der Waals surface area contributed by atoms with Crippen LogP contribution in [0.3, 0.4) is 0 Å². The Balaban J connectivity index is 2.82. The van der Waals surface area contributed by atoms with Gasteiger partial charge in [0, 0.05) is 5.92 Å². The maximum atomic E-state index is 13.3. The van der Waals surface area contributed by atoms with Crippen LogP contribution in [0, 0.1) is 5.92 Å². The highest BCUT2D eigenvalue weighted by Gasteiger charge is 2.24. The third-order valence-electron chi connectivity index (χ3n) is 2.74. The topological polar surface area (TPSA) is 55.8 Å². The van der Waals surface area contributed by atoms with E-state index < -0.39 is 18.1 Å². The van der Waals surface area contributed by atoms with Gasteiger partial charge in [-0.05, 0) is 24.1 Å². The Morgan fingerprint density at radius 1 is 1.33 bits per heavy atom. The normalized spacial score (nSPS) is 13.8. The number of carbonyl (C=O) groups is 1. The third kappa shape index (κ3) is 3.35. The molecule has 0 bridgehead atoms. The van der Waals surface area contributed by atoms with E-state index in [1.54, 1.807) is 25.1 Å². The second kappa shape index (κ2) is 6.23. The summed E-state index contributed by atoms with van der Waals surface area (Å²) < 4.78 is 23.5. The Kier molecular flexibility index (Phi) is 4.95. The molecule has 0 amide bonds. The van der Waals surface area contributed by atoms with Crippen LogP contribution in [0.1, 0.15) is 12.5 Å². The Hall–Kier alpha value is -1.78. The van der Waals surface area contributed by atoms with Crippen molar-refractivity contribution >= 4 is 5.97 Å². The molecule has 1 aromatic carbocycles. The van der Waals surface area contributed by atoms with E-state index in [9.17, 15) is 9.18 Å². The molecule has 0 spiro atoms. The molecule has 1 rings (SSSR count). The van der Waals surface area contributed by atoms with Crippen molar-refractivity contribution in [2.24, 2.45) is 5.92 Å². The Bertz CT molecular complexity index is 419. The predicted molar refractivity (Wildman–Crippen MR) is 64.9 cm³/mol. The van der Waals surface area contributed by atoms with Crippen molar-refractivity contribution in [3.8, 4) is 11.5 Å². The van der Waals surface area contributed by atoms with E-state index in [0.29, 0.717) is 17.9 Å². The molecular formula is C13H17FO4. The van der Waals surface area contributed by atoms with Gasteiger partial charge < -0.3 is 14.6 Å². The molecule has 0 saturated heterocycles. The van der Waals surface area contributed by atoms with E-state index in [1.807, 2.05) is 0 Å². The molecule has 0 radical (unpaired) electrons. The summed E-state index contributed by atoms with van der Waals surface area (Å²) in [5.41, 5.74) is 0.809. The highest BCUT2D eigenvalue weighted by atomic mass is 19.1. The third-order valence-corrected chi connectivity index (χ3v) is 2.74. The quantitative estimate of drug-likeness (QED) is 0.848. The van der Waals surface area contributed by atoms with Crippen LogP contribution in [0.25, 0.3) is 0 Å². The van der Waals surface area contributed by atoms with Gasteiger partial charge in [0.05, 0.1) is 14.2 Å². The van der Waals surface area contributed by atoms with Crippen molar-refractivity contribution in [1.82, 2.24) is 0 Å². The van der Waals surface area contributed by atoms with Crippen molar-refractivity contribution in [3.05, 3.63) is 23.8 Å². The number of aliphatic carboxylic acids is 1. The van der Waals surface area contributed by atoms with E-state index in [-0.39, 0.29) is 0 Å². The summed E-state index contributed by atoms with van der Waals surface area (Å²) in [6, 6.07) is 5.21. The lowest BCUT2D eigenvalue weighted by atomic mass is 9.96.